The molecule has 0 aliphatic carbocycles. The van der Waals surface area contributed by atoms with Gasteiger partial charge >= 0.3 is 0 Å². The van der Waals surface area contributed by atoms with Gasteiger partial charge in [0.25, 0.3) is 0 Å². The number of benzene rings is 9. The van der Waals surface area contributed by atoms with E-state index in [1.165, 1.54) is 10.8 Å². The molecule has 0 unspecified atom stereocenters. The van der Waals surface area contributed by atoms with E-state index in [1.807, 2.05) is 115 Å². The Labute approximate surface area is 328 Å². The van der Waals surface area contributed by atoms with Crippen LogP contribution in [0.4, 0.5) is 34.1 Å². The third-order valence-corrected chi connectivity index (χ3v) is 9.39. The van der Waals surface area contributed by atoms with Gasteiger partial charge in [0.15, 0.2) is 0 Å². The van der Waals surface area contributed by atoms with E-state index in [2.05, 4.69) is 59.5 Å². The zero-order valence-corrected chi connectivity index (χ0v) is 29.2. The summed E-state index contributed by atoms with van der Waals surface area (Å²) < 4.78 is 73.4. The van der Waals surface area contributed by atoms with E-state index in [9.17, 15) is 2.74 Å². The van der Waals surface area contributed by atoms with E-state index in [-0.39, 0.29) is 46.5 Å². The number of para-hydroxylation sites is 3. The van der Waals surface area contributed by atoms with Gasteiger partial charge in [0, 0.05) is 34.1 Å². The molecule has 0 saturated heterocycles. The van der Waals surface area contributed by atoms with Crippen molar-refractivity contribution in [1.82, 2.24) is 0 Å². The van der Waals surface area contributed by atoms with Crippen LogP contribution in [-0.4, -0.2) is 0 Å². The Kier molecular flexibility index (Phi) is 6.84. The topological polar surface area (TPSA) is 6.48 Å². The summed E-state index contributed by atoms with van der Waals surface area (Å²) in [6.45, 7) is 0. The molecule has 0 N–H and O–H groups in total. The van der Waals surface area contributed by atoms with Crippen LogP contribution in [0.1, 0.15) is 11.0 Å². The highest BCUT2D eigenvalue weighted by Gasteiger charge is 2.15. The Bertz CT molecular complexity index is 2990. The van der Waals surface area contributed by atoms with Gasteiger partial charge in [-0.25, -0.2) is 0 Å². The summed E-state index contributed by atoms with van der Waals surface area (Å²) in [5.74, 6) is 0. The number of nitrogens with zero attached hydrogens (tertiary/aromatic N) is 2. The van der Waals surface area contributed by atoms with Crippen LogP contribution in [0.25, 0.3) is 44.2 Å². The predicted octanol–water partition coefficient (Wildman–Crippen LogP) is 14.8. The standard InChI is InChI=1S/C52H38N2/c1-4-15-45(16-5-1)53(46-17-6-2-7-18-46)48-33-27-41(28-34-48)39-23-25-40(26-24-39)42-29-35-49(36-30-42)54(47-19-8-3-9-20-47)50-37-31-44(32-38-50)52-22-12-14-43-13-10-11-21-51(43)52/h1-38H/i23D,24D,25D,26D,27D,28D,33D,34D. The van der Waals surface area contributed by atoms with Crippen LogP contribution >= 0.6 is 0 Å². The summed E-state index contributed by atoms with van der Waals surface area (Å²) in [5.41, 5.74) is 6.05. The zero-order chi connectivity index (χ0) is 43.1. The molecule has 0 radical (unpaired) electrons. The van der Waals surface area contributed by atoms with Crippen LogP contribution < -0.4 is 9.80 Å². The molecule has 2 nitrogen and oxygen atoms in total. The first-order chi connectivity index (χ1) is 30.1. The quantitative estimate of drug-likeness (QED) is 0.148. The molecule has 2 heteroatoms. The van der Waals surface area contributed by atoms with Gasteiger partial charge in [-0.2, -0.15) is 0 Å². The number of anilines is 6. The van der Waals surface area contributed by atoms with Gasteiger partial charge in [0.1, 0.15) is 0 Å². The first kappa shape index (κ1) is 24.9. The molecule has 0 amide bonds. The van der Waals surface area contributed by atoms with Gasteiger partial charge in [-0.3, -0.25) is 0 Å². The fourth-order valence-electron chi connectivity index (χ4n) is 6.75. The second-order valence-corrected chi connectivity index (χ2v) is 12.8. The van der Waals surface area contributed by atoms with Crippen LogP contribution in [0.15, 0.2) is 230 Å². The van der Waals surface area contributed by atoms with E-state index in [4.69, 9.17) is 8.22 Å². The second kappa shape index (κ2) is 14.8. The maximum Gasteiger partial charge on any atom is 0.0645 e. The lowest BCUT2D eigenvalue weighted by Crippen LogP contribution is -2.09. The molecule has 9 rings (SSSR count). The van der Waals surface area contributed by atoms with Crippen LogP contribution in [-0.2, 0) is 0 Å². The molecular weight excluding hydrogens is 653 g/mol. The maximum absolute atomic E-state index is 9.18. The molecule has 0 saturated carbocycles. The van der Waals surface area contributed by atoms with Crippen molar-refractivity contribution in [2.24, 2.45) is 0 Å². The van der Waals surface area contributed by atoms with Gasteiger partial charge in [-0.1, -0.05) is 158 Å². The minimum atomic E-state index is -0.470. The molecule has 0 spiro atoms. The number of hydrogen-bond acceptors (Lipinski definition) is 2. The third-order valence-electron chi connectivity index (χ3n) is 9.39. The van der Waals surface area contributed by atoms with E-state index in [0.29, 0.717) is 16.9 Å². The summed E-state index contributed by atoms with van der Waals surface area (Å²) >= 11 is 0. The maximum atomic E-state index is 9.18. The van der Waals surface area contributed by atoms with Crippen molar-refractivity contribution in [1.29, 1.82) is 0 Å². The lowest BCUT2D eigenvalue weighted by molar-refractivity contribution is 1.28. The van der Waals surface area contributed by atoms with Crippen LogP contribution in [0.5, 0.6) is 0 Å². The average Bonchev–Trinajstić information content (AvgIpc) is 3.32. The van der Waals surface area contributed by atoms with E-state index in [0.717, 1.165) is 28.2 Å². The fraction of sp³-hybridized carbons (Fsp3) is 0. The summed E-state index contributed by atoms with van der Waals surface area (Å²) in [6.07, 6.45) is 0. The van der Waals surface area contributed by atoms with Crippen molar-refractivity contribution in [2.75, 3.05) is 9.80 Å². The first-order valence-corrected chi connectivity index (χ1v) is 17.8. The lowest BCUT2D eigenvalue weighted by Gasteiger charge is -2.26. The number of rotatable bonds is 9. The number of fused-ring (bicyclic) bond motifs is 1. The molecule has 0 atom stereocenters. The molecule has 0 heterocycles. The molecule has 0 fully saturated rings. The van der Waals surface area contributed by atoms with E-state index >= 15 is 0 Å². The van der Waals surface area contributed by atoms with Crippen LogP contribution in [0.3, 0.4) is 0 Å². The normalized spacial score (nSPS) is 13.0. The molecule has 0 aromatic heterocycles. The van der Waals surface area contributed by atoms with E-state index < -0.39 is 24.2 Å². The SMILES string of the molecule is [2H]c1c([2H])c(-c2c([2H])c([2H])c(N(c3ccccc3)c3ccccc3)c([2H])c2[2H])c([2H])c([2H])c1-c1ccc(N(c2ccccc2)c2ccc(-c3cccc4ccccc34)cc2)cc1. The van der Waals surface area contributed by atoms with Gasteiger partial charge in [0.2, 0.25) is 0 Å². The molecule has 54 heavy (non-hydrogen) atoms. The molecule has 0 aliphatic heterocycles. The lowest BCUT2D eigenvalue weighted by atomic mass is 9.98. The Morgan fingerprint density at radius 1 is 0.259 bits per heavy atom. The Morgan fingerprint density at radius 3 is 1.15 bits per heavy atom. The van der Waals surface area contributed by atoms with Crippen molar-refractivity contribution in [3.05, 3.63) is 230 Å². The zero-order valence-electron chi connectivity index (χ0n) is 37.2. The van der Waals surface area contributed by atoms with Gasteiger partial charge < -0.3 is 9.80 Å². The Morgan fingerprint density at radius 2 is 0.630 bits per heavy atom. The molecule has 0 aliphatic rings. The Balaban J connectivity index is 1.10. The van der Waals surface area contributed by atoms with E-state index in [1.54, 1.807) is 17.0 Å². The summed E-state index contributed by atoms with van der Waals surface area (Å²) in [7, 11) is 0. The largest absolute Gasteiger partial charge is 0.311 e. The van der Waals surface area contributed by atoms with Crippen LogP contribution in [0.2, 0.25) is 0 Å². The predicted molar refractivity (Wildman–Crippen MR) is 230 cm³/mol. The highest BCUT2D eigenvalue weighted by molar-refractivity contribution is 5.97. The monoisotopic (exact) mass is 698 g/mol. The number of hydrogen-bond donors (Lipinski definition) is 0. The molecule has 9 aromatic carbocycles. The minimum absolute atomic E-state index is 0.00146. The molecule has 0 bridgehead atoms. The van der Waals surface area contributed by atoms with Gasteiger partial charge in [0.05, 0.1) is 11.0 Å². The minimum Gasteiger partial charge on any atom is -0.311 e. The molecule has 256 valence electrons. The first-order valence-electron chi connectivity index (χ1n) is 21.8. The summed E-state index contributed by atoms with van der Waals surface area (Å²) in [5, 5.41) is 2.35. The highest BCUT2D eigenvalue weighted by atomic mass is 15.1. The fourth-order valence-corrected chi connectivity index (χ4v) is 6.75. The highest BCUT2D eigenvalue weighted by Crippen LogP contribution is 2.39. The summed E-state index contributed by atoms with van der Waals surface area (Å²) in [4.78, 5) is 3.75. The van der Waals surface area contributed by atoms with Crippen molar-refractivity contribution in [3.63, 3.8) is 0 Å². The van der Waals surface area contributed by atoms with Crippen molar-refractivity contribution < 1.29 is 11.0 Å². The van der Waals surface area contributed by atoms with Crippen LogP contribution in [0, 0.1) is 0 Å². The summed E-state index contributed by atoms with van der Waals surface area (Å²) in [6, 6.07) is 55.2. The van der Waals surface area contributed by atoms with Crippen molar-refractivity contribution in [2.45, 2.75) is 0 Å². The van der Waals surface area contributed by atoms with Gasteiger partial charge in [-0.05, 0) is 117 Å². The third kappa shape index (κ3) is 6.65. The Hall–Kier alpha value is -7.16. The van der Waals surface area contributed by atoms with Crippen molar-refractivity contribution >= 4 is 44.9 Å². The van der Waals surface area contributed by atoms with Gasteiger partial charge in [-0.15, -0.1) is 0 Å². The molecule has 9 aromatic rings. The molecular formula is C52H38N2. The van der Waals surface area contributed by atoms with Crippen molar-refractivity contribution in [3.8, 4) is 33.4 Å². The smallest absolute Gasteiger partial charge is 0.0645 e. The second-order valence-electron chi connectivity index (χ2n) is 12.8. The average molecular weight is 699 g/mol.